The fourth-order valence-electron chi connectivity index (χ4n) is 2.60. The zero-order valence-electron chi connectivity index (χ0n) is 15.1. The maximum atomic E-state index is 12.1. The molecule has 2 aromatic rings. The molecule has 5 nitrogen and oxygen atoms in total. The van der Waals surface area contributed by atoms with E-state index >= 15 is 0 Å². The minimum atomic E-state index is -0.180. The number of rotatable bonds is 8. The van der Waals surface area contributed by atoms with Gasteiger partial charge in [-0.25, -0.2) is 0 Å². The molecule has 0 radical (unpaired) electrons. The Hall–Kier alpha value is -2.37. The fourth-order valence-corrected chi connectivity index (χ4v) is 2.78. The van der Waals surface area contributed by atoms with Crippen molar-refractivity contribution < 1.29 is 14.5 Å². The number of amides is 2. The van der Waals surface area contributed by atoms with Crippen LogP contribution >= 0.6 is 11.6 Å². The summed E-state index contributed by atoms with van der Waals surface area (Å²) in [7, 11) is 1.81. The zero-order chi connectivity index (χ0) is 18.9. The Morgan fingerprint density at radius 2 is 1.62 bits per heavy atom. The molecular weight excluding hydrogens is 350 g/mol. The normalized spacial score (nSPS) is 12.9. The molecule has 0 saturated heterocycles. The molecule has 0 aromatic heterocycles. The van der Waals surface area contributed by atoms with Crippen LogP contribution in [0.25, 0.3) is 0 Å². The summed E-state index contributed by atoms with van der Waals surface area (Å²) < 4.78 is 0. The van der Waals surface area contributed by atoms with E-state index in [1.165, 1.54) is 5.56 Å². The summed E-state index contributed by atoms with van der Waals surface area (Å²) in [5, 5.41) is 6.19. The van der Waals surface area contributed by atoms with E-state index in [2.05, 4.69) is 17.6 Å². The highest BCUT2D eigenvalue weighted by Crippen LogP contribution is 2.19. The smallest absolute Gasteiger partial charge is 0.279 e. The van der Waals surface area contributed by atoms with Crippen molar-refractivity contribution in [3.8, 4) is 0 Å². The van der Waals surface area contributed by atoms with Gasteiger partial charge < -0.3 is 15.5 Å². The molecule has 6 heteroatoms. The van der Waals surface area contributed by atoms with Gasteiger partial charge in [0.2, 0.25) is 0 Å². The minimum Gasteiger partial charge on any atom is -0.351 e. The number of nitrogens with one attached hydrogen (secondary N) is 3. The van der Waals surface area contributed by atoms with Crippen molar-refractivity contribution >= 4 is 29.1 Å². The Morgan fingerprint density at radius 3 is 2.31 bits per heavy atom. The van der Waals surface area contributed by atoms with Gasteiger partial charge >= 0.3 is 0 Å². The van der Waals surface area contributed by atoms with Crippen LogP contribution in [0.2, 0.25) is 5.02 Å². The molecule has 1 unspecified atom stereocenters. The number of carbonyl (C=O) groups excluding carboxylic acids is 2. The summed E-state index contributed by atoms with van der Waals surface area (Å²) in [6.45, 7) is 3.06. The highest BCUT2D eigenvalue weighted by Gasteiger charge is 2.15. The van der Waals surface area contributed by atoms with Gasteiger partial charge in [0.25, 0.3) is 11.8 Å². The molecule has 0 aliphatic carbocycles. The van der Waals surface area contributed by atoms with Crippen LogP contribution in [0.4, 0.5) is 5.69 Å². The summed E-state index contributed by atoms with van der Waals surface area (Å²) in [4.78, 5) is 25.0. The highest BCUT2D eigenvalue weighted by molar-refractivity contribution is 6.33. The third-order valence-electron chi connectivity index (χ3n) is 4.05. The molecule has 0 saturated carbocycles. The summed E-state index contributed by atoms with van der Waals surface area (Å²) in [5.41, 5.74) is 1.76. The van der Waals surface area contributed by atoms with Gasteiger partial charge in [-0.2, -0.15) is 0 Å². The van der Waals surface area contributed by atoms with E-state index in [0.29, 0.717) is 17.3 Å². The average Bonchev–Trinajstić information content (AvgIpc) is 2.62. The number of para-hydroxylation sites is 1. The van der Waals surface area contributed by atoms with Crippen LogP contribution in [-0.4, -0.2) is 38.5 Å². The lowest BCUT2D eigenvalue weighted by atomic mass is 10.0. The number of quaternary nitrogens is 1. The first-order valence-electron chi connectivity index (χ1n) is 8.63. The van der Waals surface area contributed by atoms with E-state index in [1.807, 2.05) is 37.4 Å². The van der Waals surface area contributed by atoms with Crippen LogP contribution < -0.4 is 15.5 Å². The van der Waals surface area contributed by atoms with E-state index < -0.39 is 0 Å². The van der Waals surface area contributed by atoms with Crippen molar-refractivity contribution in [2.24, 2.45) is 0 Å². The maximum Gasteiger partial charge on any atom is 0.279 e. The molecule has 0 fully saturated rings. The van der Waals surface area contributed by atoms with Crippen LogP contribution in [0.3, 0.4) is 0 Å². The van der Waals surface area contributed by atoms with Crippen LogP contribution in [0.1, 0.15) is 18.4 Å². The van der Waals surface area contributed by atoms with E-state index in [1.54, 1.807) is 24.3 Å². The quantitative estimate of drug-likeness (QED) is 0.658. The lowest BCUT2D eigenvalue weighted by Crippen LogP contribution is -3.11. The largest absolute Gasteiger partial charge is 0.351 e. The average molecular weight is 375 g/mol. The second kappa shape index (κ2) is 9.94. The van der Waals surface area contributed by atoms with E-state index in [0.717, 1.165) is 4.90 Å². The van der Waals surface area contributed by atoms with Crippen molar-refractivity contribution in [2.45, 2.75) is 12.8 Å². The van der Waals surface area contributed by atoms with E-state index in [4.69, 9.17) is 11.6 Å². The molecule has 0 aliphatic rings. The monoisotopic (exact) mass is 374 g/mol. The van der Waals surface area contributed by atoms with E-state index in [9.17, 15) is 9.59 Å². The predicted octanol–water partition coefficient (Wildman–Crippen LogP) is 1.71. The van der Waals surface area contributed by atoms with Crippen molar-refractivity contribution in [3.05, 3.63) is 65.2 Å². The lowest BCUT2D eigenvalue weighted by Gasteiger charge is -2.16. The number of hydrogen-bond acceptors (Lipinski definition) is 2. The number of hydrogen-bond donors (Lipinski definition) is 3. The molecule has 2 rings (SSSR count). The van der Waals surface area contributed by atoms with Crippen molar-refractivity contribution in [2.75, 3.05) is 32.0 Å². The number of anilines is 1. The second-order valence-corrected chi connectivity index (χ2v) is 6.86. The molecule has 0 heterocycles. The molecule has 0 bridgehead atoms. The Balaban J connectivity index is 1.73. The third-order valence-corrected chi connectivity index (χ3v) is 4.38. The van der Waals surface area contributed by atoms with Crippen LogP contribution in [0.5, 0.6) is 0 Å². The molecule has 3 N–H and O–H groups in total. The molecule has 2 amide bonds. The molecule has 138 valence electrons. The molecule has 2 atom stereocenters. The Bertz CT molecular complexity index is 737. The standard InChI is InChI=1S/C20H24ClN3O2/c1-15(16-8-4-3-5-9-16)12-22-19(25)13-24(2)14-20(26)23-18-11-7-6-10-17(18)21/h3-11,15H,12-14H2,1-2H3,(H,22,25)(H,23,26)/p+1/t15-/m0/s1. The summed E-state index contributed by atoms with van der Waals surface area (Å²) in [6, 6.07) is 17.1. The number of benzene rings is 2. The first kappa shape index (κ1) is 19.9. The first-order valence-corrected chi connectivity index (χ1v) is 9.01. The number of carbonyl (C=O) groups is 2. The van der Waals surface area contributed by atoms with Crippen LogP contribution in [0, 0.1) is 0 Å². The van der Waals surface area contributed by atoms with Crippen LogP contribution in [-0.2, 0) is 9.59 Å². The van der Waals surface area contributed by atoms with Gasteiger partial charge in [-0.3, -0.25) is 9.59 Å². The predicted molar refractivity (Wildman–Crippen MR) is 105 cm³/mol. The maximum absolute atomic E-state index is 12.1. The Morgan fingerprint density at radius 1 is 1.00 bits per heavy atom. The van der Waals surface area contributed by atoms with Gasteiger partial charge in [-0.1, -0.05) is 61.0 Å². The van der Waals surface area contributed by atoms with Crippen molar-refractivity contribution in [1.29, 1.82) is 0 Å². The number of halogens is 1. The Labute approximate surface area is 159 Å². The first-order chi connectivity index (χ1) is 12.5. The zero-order valence-corrected chi connectivity index (χ0v) is 15.8. The van der Waals surface area contributed by atoms with E-state index in [-0.39, 0.29) is 30.8 Å². The number of likely N-dealkylation sites (N-methyl/N-ethyl adjacent to an activating group) is 1. The lowest BCUT2D eigenvalue weighted by molar-refractivity contribution is -0.862. The van der Waals surface area contributed by atoms with Gasteiger partial charge in [-0.05, 0) is 23.6 Å². The summed E-state index contributed by atoms with van der Waals surface area (Å²) in [6.07, 6.45) is 0. The molecule has 26 heavy (non-hydrogen) atoms. The molecular formula is C20H25ClN3O2+. The molecule has 0 aliphatic heterocycles. The van der Waals surface area contributed by atoms with Gasteiger partial charge in [0.05, 0.1) is 17.8 Å². The topological polar surface area (TPSA) is 62.6 Å². The molecule has 0 spiro atoms. The van der Waals surface area contributed by atoms with Gasteiger partial charge in [0, 0.05) is 6.54 Å². The van der Waals surface area contributed by atoms with Crippen molar-refractivity contribution in [3.63, 3.8) is 0 Å². The van der Waals surface area contributed by atoms with Gasteiger partial charge in [0.15, 0.2) is 13.1 Å². The third kappa shape index (κ3) is 6.50. The summed E-state index contributed by atoms with van der Waals surface area (Å²) >= 11 is 6.02. The Kier molecular flexibility index (Phi) is 7.63. The molecule has 2 aromatic carbocycles. The SMILES string of the molecule is C[C@@H](CNC(=O)C[NH+](C)CC(=O)Nc1ccccc1Cl)c1ccccc1. The summed E-state index contributed by atoms with van der Waals surface area (Å²) in [5.74, 6) is -0.0131. The second-order valence-electron chi connectivity index (χ2n) is 6.45. The fraction of sp³-hybridized carbons (Fsp3) is 0.300. The highest BCUT2D eigenvalue weighted by atomic mass is 35.5. The van der Waals surface area contributed by atoms with Crippen molar-refractivity contribution in [1.82, 2.24) is 5.32 Å². The van der Waals surface area contributed by atoms with Gasteiger partial charge in [0.1, 0.15) is 0 Å². The van der Waals surface area contributed by atoms with Gasteiger partial charge in [-0.15, -0.1) is 0 Å². The minimum absolute atomic E-state index is 0.0733. The van der Waals surface area contributed by atoms with Crippen LogP contribution in [0.15, 0.2) is 54.6 Å².